The van der Waals surface area contributed by atoms with Gasteiger partial charge in [0.05, 0.1) is 13.7 Å². The van der Waals surface area contributed by atoms with Gasteiger partial charge in [-0.3, -0.25) is 15.0 Å². The van der Waals surface area contributed by atoms with Crippen molar-refractivity contribution in [2.24, 2.45) is 0 Å². The number of nitrogens with one attached hydrogen (secondary N) is 2. The van der Waals surface area contributed by atoms with Crippen LogP contribution in [0.2, 0.25) is 0 Å². The number of methoxy groups -OCH3 is 1. The number of likely N-dealkylation sites (N-methyl/N-ethyl adjacent to an activating group) is 1. The highest BCUT2D eigenvalue weighted by atomic mass is 19.3. The number of halogens is 2. The van der Waals surface area contributed by atoms with Crippen LogP contribution in [0.5, 0.6) is 11.5 Å². The third kappa shape index (κ3) is 7.64. The maximum atomic E-state index is 12.3. The molecule has 2 N–H and O–H groups in total. The van der Waals surface area contributed by atoms with E-state index < -0.39 is 18.5 Å². The first-order valence-corrected chi connectivity index (χ1v) is 8.15. The molecule has 0 saturated heterocycles. The smallest absolute Gasteiger partial charge is 0.387 e. The molecule has 0 aliphatic carbocycles. The Balaban J connectivity index is 2.57. The number of rotatable bonds is 9. The van der Waals surface area contributed by atoms with E-state index in [4.69, 9.17) is 4.74 Å². The van der Waals surface area contributed by atoms with Crippen molar-refractivity contribution in [1.82, 2.24) is 15.5 Å². The molecule has 0 radical (unpaired) electrons. The second-order valence-corrected chi connectivity index (χ2v) is 5.87. The van der Waals surface area contributed by atoms with E-state index in [2.05, 4.69) is 15.4 Å². The largest absolute Gasteiger partial charge is 0.493 e. The predicted molar refractivity (Wildman–Crippen MR) is 92.4 cm³/mol. The predicted octanol–water partition coefficient (Wildman–Crippen LogP) is 2.35. The SMILES string of the molecule is CC[C@H](C)NC(=O)NC(=O)CN(C)Cc1ccc(OC(F)F)c(OC)c1. The van der Waals surface area contributed by atoms with Gasteiger partial charge in [0.25, 0.3) is 0 Å². The lowest BCUT2D eigenvalue weighted by atomic mass is 10.2. The first-order chi connectivity index (χ1) is 12.2. The quantitative estimate of drug-likeness (QED) is 0.695. The third-order valence-corrected chi connectivity index (χ3v) is 3.55. The normalized spacial score (nSPS) is 12.0. The number of carbonyl (C=O) groups excluding carboxylic acids is 2. The zero-order valence-corrected chi connectivity index (χ0v) is 15.3. The Morgan fingerprint density at radius 2 is 1.96 bits per heavy atom. The zero-order chi connectivity index (χ0) is 19.7. The minimum absolute atomic E-state index is 0.00841. The average molecular weight is 373 g/mol. The number of imide groups is 1. The number of hydrogen-bond donors (Lipinski definition) is 2. The number of nitrogens with zero attached hydrogens (tertiary/aromatic N) is 1. The fraction of sp³-hybridized carbons (Fsp3) is 0.529. The lowest BCUT2D eigenvalue weighted by Crippen LogP contribution is -2.46. The number of carbonyl (C=O) groups is 2. The van der Waals surface area contributed by atoms with Crippen molar-refractivity contribution in [2.75, 3.05) is 20.7 Å². The Morgan fingerprint density at radius 1 is 1.27 bits per heavy atom. The molecule has 0 heterocycles. The Labute approximate surface area is 151 Å². The first-order valence-electron chi connectivity index (χ1n) is 8.15. The molecule has 7 nitrogen and oxygen atoms in total. The lowest BCUT2D eigenvalue weighted by molar-refractivity contribution is -0.121. The number of hydrogen-bond acceptors (Lipinski definition) is 5. The van der Waals surface area contributed by atoms with Crippen molar-refractivity contribution >= 4 is 11.9 Å². The molecule has 1 aromatic carbocycles. The summed E-state index contributed by atoms with van der Waals surface area (Å²) in [4.78, 5) is 25.2. The highest BCUT2D eigenvalue weighted by Crippen LogP contribution is 2.29. The lowest BCUT2D eigenvalue weighted by Gasteiger charge is -2.18. The molecule has 0 saturated carbocycles. The molecule has 26 heavy (non-hydrogen) atoms. The van der Waals surface area contributed by atoms with Crippen LogP contribution in [-0.4, -0.2) is 50.2 Å². The molecule has 0 fully saturated rings. The van der Waals surface area contributed by atoms with Crippen molar-refractivity contribution in [3.63, 3.8) is 0 Å². The van der Waals surface area contributed by atoms with E-state index in [1.807, 2.05) is 13.8 Å². The molecule has 0 aromatic heterocycles. The van der Waals surface area contributed by atoms with E-state index in [1.165, 1.54) is 13.2 Å². The van der Waals surface area contributed by atoms with Gasteiger partial charge in [-0.2, -0.15) is 8.78 Å². The van der Waals surface area contributed by atoms with Crippen molar-refractivity contribution in [2.45, 2.75) is 39.5 Å². The summed E-state index contributed by atoms with van der Waals surface area (Å²) < 4.78 is 34.1. The molecule has 1 rings (SSSR count). The highest BCUT2D eigenvalue weighted by molar-refractivity contribution is 5.95. The van der Waals surface area contributed by atoms with Gasteiger partial charge in [-0.15, -0.1) is 0 Å². The summed E-state index contributed by atoms with van der Waals surface area (Å²) in [6.45, 7) is 1.16. The number of amides is 3. The summed E-state index contributed by atoms with van der Waals surface area (Å²) in [7, 11) is 3.05. The number of ether oxygens (including phenoxy) is 2. The van der Waals surface area contributed by atoms with E-state index in [9.17, 15) is 18.4 Å². The second kappa shape index (κ2) is 10.5. The van der Waals surface area contributed by atoms with E-state index in [-0.39, 0.29) is 24.1 Å². The molecule has 9 heteroatoms. The van der Waals surface area contributed by atoms with Gasteiger partial charge in [-0.1, -0.05) is 13.0 Å². The maximum absolute atomic E-state index is 12.3. The molecular formula is C17H25F2N3O4. The zero-order valence-electron chi connectivity index (χ0n) is 15.3. The fourth-order valence-corrected chi connectivity index (χ4v) is 2.14. The number of benzene rings is 1. The number of alkyl halides is 2. The van der Waals surface area contributed by atoms with Gasteiger partial charge in [-0.05, 0) is 38.1 Å². The molecule has 1 atom stereocenters. The van der Waals surface area contributed by atoms with Crippen LogP contribution in [0.1, 0.15) is 25.8 Å². The summed E-state index contributed by atoms with van der Waals surface area (Å²) in [6.07, 6.45) is 0.759. The Kier molecular flexibility index (Phi) is 8.77. The van der Waals surface area contributed by atoms with Gasteiger partial charge in [-0.25, -0.2) is 4.79 Å². The van der Waals surface area contributed by atoms with Crippen LogP contribution in [-0.2, 0) is 11.3 Å². The van der Waals surface area contributed by atoms with Gasteiger partial charge in [0, 0.05) is 12.6 Å². The minimum atomic E-state index is -2.94. The monoisotopic (exact) mass is 373 g/mol. The highest BCUT2D eigenvalue weighted by Gasteiger charge is 2.14. The maximum Gasteiger partial charge on any atom is 0.387 e. The van der Waals surface area contributed by atoms with Crippen LogP contribution in [0.15, 0.2) is 18.2 Å². The Bertz CT molecular complexity index is 614. The average Bonchev–Trinajstić information content (AvgIpc) is 2.54. The van der Waals surface area contributed by atoms with Crippen molar-refractivity contribution in [3.05, 3.63) is 23.8 Å². The van der Waals surface area contributed by atoms with Crippen LogP contribution < -0.4 is 20.1 Å². The van der Waals surface area contributed by atoms with Gasteiger partial charge >= 0.3 is 12.6 Å². The van der Waals surface area contributed by atoms with Crippen molar-refractivity contribution in [1.29, 1.82) is 0 Å². The van der Waals surface area contributed by atoms with Crippen molar-refractivity contribution < 1.29 is 27.8 Å². The van der Waals surface area contributed by atoms with Gasteiger partial charge < -0.3 is 14.8 Å². The van der Waals surface area contributed by atoms with Crippen LogP contribution >= 0.6 is 0 Å². The first kappa shape index (κ1) is 21.6. The molecular weight excluding hydrogens is 348 g/mol. The van der Waals surface area contributed by atoms with E-state index in [1.54, 1.807) is 24.1 Å². The van der Waals surface area contributed by atoms with Crippen LogP contribution in [0.3, 0.4) is 0 Å². The summed E-state index contributed by atoms with van der Waals surface area (Å²) in [5.74, 6) is -0.333. The summed E-state index contributed by atoms with van der Waals surface area (Å²) in [5, 5.41) is 4.90. The van der Waals surface area contributed by atoms with Crippen molar-refractivity contribution in [3.8, 4) is 11.5 Å². The summed E-state index contributed by atoms with van der Waals surface area (Å²) in [5.41, 5.74) is 0.739. The van der Waals surface area contributed by atoms with Gasteiger partial charge in [0.1, 0.15) is 0 Å². The number of urea groups is 1. The third-order valence-electron chi connectivity index (χ3n) is 3.55. The van der Waals surface area contributed by atoms with Crippen LogP contribution in [0, 0.1) is 0 Å². The van der Waals surface area contributed by atoms with Gasteiger partial charge in [0.2, 0.25) is 5.91 Å². The fourth-order valence-electron chi connectivity index (χ4n) is 2.14. The molecule has 3 amide bonds. The van der Waals surface area contributed by atoms with Crippen LogP contribution in [0.25, 0.3) is 0 Å². The Morgan fingerprint density at radius 3 is 2.54 bits per heavy atom. The van der Waals surface area contributed by atoms with E-state index in [0.29, 0.717) is 6.54 Å². The molecule has 0 bridgehead atoms. The molecule has 0 spiro atoms. The topological polar surface area (TPSA) is 79.9 Å². The van der Waals surface area contributed by atoms with Crippen LogP contribution in [0.4, 0.5) is 13.6 Å². The molecule has 0 aliphatic heterocycles. The van der Waals surface area contributed by atoms with Gasteiger partial charge in [0.15, 0.2) is 11.5 Å². The minimum Gasteiger partial charge on any atom is -0.493 e. The molecule has 146 valence electrons. The standard InChI is InChI=1S/C17H25F2N3O4/c1-5-11(2)20-17(24)21-15(23)10-22(3)9-12-6-7-13(26-16(18)19)14(8-12)25-4/h6-8,11,16H,5,9-10H2,1-4H3,(H2,20,21,23,24)/t11-/m0/s1. The summed E-state index contributed by atoms with van der Waals surface area (Å²) >= 11 is 0. The Hall–Kier alpha value is -2.42. The molecule has 0 unspecified atom stereocenters. The molecule has 1 aromatic rings. The second-order valence-electron chi connectivity index (χ2n) is 5.87. The summed E-state index contributed by atoms with van der Waals surface area (Å²) in [6, 6.07) is 3.98. The van der Waals surface area contributed by atoms with E-state index >= 15 is 0 Å². The molecule has 0 aliphatic rings. The van der Waals surface area contributed by atoms with E-state index in [0.717, 1.165) is 12.0 Å².